The van der Waals surface area contributed by atoms with E-state index in [2.05, 4.69) is 23.7 Å². The van der Waals surface area contributed by atoms with Gasteiger partial charge in [-0.15, -0.1) is 0 Å². The van der Waals surface area contributed by atoms with Crippen LogP contribution in [0.2, 0.25) is 0 Å². The maximum absolute atomic E-state index is 12.6. The van der Waals surface area contributed by atoms with Gasteiger partial charge < -0.3 is 9.88 Å². The van der Waals surface area contributed by atoms with Crippen molar-refractivity contribution in [3.63, 3.8) is 0 Å². The Morgan fingerprint density at radius 1 is 1.24 bits per heavy atom. The second-order valence-corrected chi connectivity index (χ2v) is 7.95. The SMILES string of the molecule is CCc1ccc(NC(=O)c2cc(C)n(C(C)C)c2C)cc1S(N)(=O)=O. The van der Waals surface area contributed by atoms with E-state index in [0.29, 0.717) is 23.2 Å². The number of amides is 1. The van der Waals surface area contributed by atoms with Crippen LogP contribution in [0.4, 0.5) is 5.69 Å². The Kier molecular flexibility index (Phi) is 5.39. The molecule has 1 heterocycles. The number of nitrogens with zero attached hydrogens (tertiary/aromatic N) is 1. The maximum atomic E-state index is 12.6. The van der Waals surface area contributed by atoms with Gasteiger partial charge in [-0.3, -0.25) is 4.79 Å². The highest BCUT2D eigenvalue weighted by molar-refractivity contribution is 7.89. The molecule has 1 aromatic heterocycles. The van der Waals surface area contributed by atoms with Crippen LogP contribution in [-0.2, 0) is 16.4 Å². The highest BCUT2D eigenvalue weighted by Crippen LogP contribution is 2.23. The normalized spacial score (nSPS) is 11.8. The van der Waals surface area contributed by atoms with Crippen LogP contribution in [0.3, 0.4) is 0 Å². The molecule has 136 valence electrons. The van der Waals surface area contributed by atoms with Crippen molar-refractivity contribution in [2.24, 2.45) is 5.14 Å². The maximum Gasteiger partial charge on any atom is 0.257 e. The van der Waals surface area contributed by atoms with Crippen LogP contribution in [0.15, 0.2) is 29.2 Å². The van der Waals surface area contributed by atoms with Crippen molar-refractivity contribution in [2.75, 3.05) is 5.32 Å². The van der Waals surface area contributed by atoms with Crippen molar-refractivity contribution < 1.29 is 13.2 Å². The average Bonchev–Trinajstić information content (AvgIpc) is 2.81. The van der Waals surface area contributed by atoms with Crippen molar-refractivity contribution in [1.82, 2.24) is 4.57 Å². The predicted molar refractivity (Wildman–Crippen MR) is 99.4 cm³/mol. The first-order chi connectivity index (χ1) is 11.6. The molecule has 1 aromatic carbocycles. The molecule has 0 saturated carbocycles. The predicted octanol–water partition coefficient (Wildman–Crippen LogP) is 3.15. The highest BCUT2D eigenvalue weighted by atomic mass is 32.2. The number of carbonyl (C=O) groups excluding carboxylic acids is 1. The number of hydrogen-bond acceptors (Lipinski definition) is 3. The lowest BCUT2D eigenvalue weighted by Crippen LogP contribution is -2.17. The summed E-state index contributed by atoms with van der Waals surface area (Å²) in [6.07, 6.45) is 0.537. The van der Waals surface area contributed by atoms with Gasteiger partial charge in [0.05, 0.1) is 10.5 Å². The third-order valence-corrected chi connectivity index (χ3v) is 5.25. The summed E-state index contributed by atoms with van der Waals surface area (Å²) in [4.78, 5) is 12.7. The molecule has 1 amide bonds. The molecule has 0 atom stereocenters. The summed E-state index contributed by atoms with van der Waals surface area (Å²) < 4.78 is 25.6. The van der Waals surface area contributed by atoms with Gasteiger partial charge in [-0.05, 0) is 57.9 Å². The summed E-state index contributed by atoms with van der Waals surface area (Å²) in [7, 11) is -3.85. The molecular weight excluding hydrogens is 338 g/mol. The molecule has 0 aliphatic heterocycles. The van der Waals surface area contributed by atoms with Crippen LogP contribution >= 0.6 is 0 Å². The van der Waals surface area contributed by atoms with Crippen LogP contribution < -0.4 is 10.5 Å². The van der Waals surface area contributed by atoms with E-state index >= 15 is 0 Å². The first kappa shape index (κ1) is 19.2. The third-order valence-electron chi connectivity index (χ3n) is 4.26. The van der Waals surface area contributed by atoms with Gasteiger partial charge in [0.2, 0.25) is 10.0 Å². The third kappa shape index (κ3) is 3.93. The number of nitrogens with two attached hydrogens (primary N) is 1. The number of aryl methyl sites for hydroxylation is 2. The number of primary sulfonamides is 1. The van der Waals surface area contributed by atoms with E-state index in [-0.39, 0.29) is 16.8 Å². The Balaban J connectivity index is 2.38. The lowest BCUT2D eigenvalue weighted by Gasteiger charge is -2.14. The first-order valence-corrected chi connectivity index (χ1v) is 9.76. The van der Waals surface area contributed by atoms with E-state index in [1.54, 1.807) is 12.1 Å². The second kappa shape index (κ2) is 7.01. The summed E-state index contributed by atoms with van der Waals surface area (Å²) in [5, 5.41) is 8.05. The summed E-state index contributed by atoms with van der Waals surface area (Å²) in [6, 6.07) is 6.86. The molecule has 0 fully saturated rings. The number of benzene rings is 1. The molecule has 2 aromatic rings. The lowest BCUT2D eigenvalue weighted by atomic mass is 10.1. The minimum Gasteiger partial charge on any atom is -0.346 e. The molecule has 0 saturated heterocycles. The average molecular weight is 363 g/mol. The summed E-state index contributed by atoms with van der Waals surface area (Å²) in [6.45, 7) is 9.83. The molecule has 0 bridgehead atoms. The largest absolute Gasteiger partial charge is 0.346 e. The molecular formula is C18H25N3O3S. The Hall–Kier alpha value is -2.12. The molecule has 2 rings (SSSR count). The van der Waals surface area contributed by atoms with Gasteiger partial charge in [-0.2, -0.15) is 0 Å². The van der Waals surface area contributed by atoms with Gasteiger partial charge in [0, 0.05) is 23.1 Å². The highest BCUT2D eigenvalue weighted by Gasteiger charge is 2.19. The number of hydrogen-bond donors (Lipinski definition) is 2. The van der Waals surface area contributed by atoms with Gasteiger partial charge >= 0.3 is 0 Å². The Morgan fingerprint density at radius 3 is 2.36 bits per heavy atom. The summed E-state index contributed by atoms with van der Waals surface area (Å²) in [5.41, 5.74) is 3.48. The molecule has 6 nitrogen and oxygen atoms in total. The standard InChI is InChI=1S/C18H25N3O3S/c1-6-14-7-8-15(10-17(14)25(19,23)24)20-18(22)16-9-12(4)21(11(2)3)13(16)5/h7-11H,6H2,1-5H3,(H,20,22)(H2,19,23,24). The molecule has 0 aliphatic carbocycles. The van der Waals surface area contributed by atoms with Crippen LogP contribution in [0.25, 0.3) is 0 Å². The molecule has 3 N–H and O–H groups in total. The van der Waals surface area contributed by atoms with Crippen molar-refractivity contribution in [3.8, 4) is 0 Å². The van der Waals surface area contributed by atoms with Crippen LogP contribution in [0.1, 0.15) is 54.1 Å². The van der Waals surface area contributed by atoms with Gasteiger partial charge in [-0.1, -0.05) is 13.0 Å². The minimum absolute atomic E-state index is 0.0421. The first-order valence-electron chi connectivity index (χ1n) is 8.21. The topological polar surface area (TPSA) is 94.2 Å². The Labute approximate surface area is 149 Å². The molecule has 25 heavy (non-hydrogen) atoms. The van der Waals surface area contributed by atoms with Crippen LogP contribution in [0.5, 0.6) is 0 Å². The van der Waals surface area contributed by atoms with E-state index in [1.807, 2.05) is 26.8 Å². The van der Waals surface area contributed by atoms with Crippen molar-refractivity contribution in [1.29, 1.82) is 0 Å². The summed E-state index contributed by atoms with van der Waals surface area (Å²) >= 11 is 0. The number of nitrogens with one attached hydrogen (secondary N) is 1. The van der Waals surface area contributed by atoms with E-state index in [1.165, 1.54) is 6.07 Å². The molecule has 0 spiro atoms. The fourth-order valence-electron chi connectivity index (χ4n) is 3.19. The number of sulfonamides is 1. The fourth-order valence-corrected chi connectivity index (χ4v) is 4.06. The second-order valence-electron chi connectivity index (χ2n) is 6.42. The molecule has 0 radical (unpaired) electrons. The minimum atomic E-state index is -3.85. The van der Waals surface area contributed by atoms with E-state index in [0.717, 1.165) is 11.4 Å². The molecule has 0 unspecified atom stereocenters. The molecule has 0 aliphatic rings. The van der Waals surface area contributed by atoms with Crippen LogP contribution in [-0.4, -0.2) is 18.9 Å². The monoisotopic (exact) mass is 363 g/mol. The Bertz CT molecular complexity index is 912. The fraction of sp³-hybridized carbons (Fsp3) is 0.389. The van der Waals surface area contributed by atoms with E-state index in [4.69, 9.17) is 5.14 Å². The number of aromatic nitrogens is 1. The van der Waals surface area contributed by atoms with Crippen molar-refractivity contribution in [2.45, 2.75) is 52.0 Å². The quantitative estimate of drug-likeness (QED) is 0.854. The number of anilines is 1. The van der Waals surface area contributed by atoms with Gasteiger partial charge in [0.1, 0.15) is 0 Å². The van der Waals surface area contributed by atoms with E-state index < -0.39 is 10.0 Å². The Morgan fingerprint density at radius 2 is 1.88 bits per heavy atom. The zero-order valence-corrected chi connectivity index (χ0v) is 16.1. The number of rotatable bonds is 5. The van der Waals surface area contributed by atoms with Gasteiger partial charge in [0.15, 0.2) is 0 Å². The van der Waals surface area contributed by atoms with Gasteiger partial charge in [-0.25, -0.2) is 13.6 Å². The van der Waals surface area contributed by atoms with E-state index in [9.17, 15) is 13.2 Å². The summed E-state index contributed by atoms with van der Waals surface area (Å²) in [5.74, 6) is -0.274. The van der Waals surface area contributed by atoms with Gasteiger partial charge in [0.25, 0.3) is 5.91 Å². The lowest BCUT2D eigenvalue weighted by molar-refractivity contribution is 0.102. The van der Waals surface area contributed by atoms with Crippen molar-refractivity contribution in [3.05, 3.63) is 46.8 Å². The zero-order chi connectivity index (χ0) is 18.9. The molecule has 7 heteroatoms. The zero-order valence-electron chi connectivity index (χ0n) is 15.3. The van der Waals surface area contributed by atoms with Crippen molar-refractivity contribution >= 4 is 21.6 Å². The smallest absolute Gasteiger partial charge is 0.257 e. The number of carbonyl (C=O) groups is 1. The van der Waals surface area contributed by atoms with Crippen LogP contribution in [0, 0.1) is 13.8 Å².